The van der Waals surface area contributed by atoms with E-state index in [9.17, 15) is 5.11 Å². The fourth-order valence-corrected chi connectivity index (χ4v) is 2.62. The van der Waals surface area contributed by atoms with E-state index in [0.29, 0.717) is 0 Å². The second kappa shape index (κ2) is 5.72. The van der Waals surface area contributed by atoms with Crippen molar-refractivity contribution in [3.05, 3.63) is 29.8 Å². The van der Waals surface area contributed by atoms with E-state index in [1.165, 1.54) is 11.3 Å². The van der Waals surface area contributed by atoms with Crippen LogP contribution in [0.2, 0.25) is 0 Å². The molecule has 18 heavy (non-hydrogen) atoms. The smallest absolute Gasteiger partial charge is 0.0845 e. The van der Waals surface area contributed by atoms with Crippen LogP contribution in [0.25, 0.3) is 0 Å². The minimum absolute atomic E-state index is 0.537. The quantitative estimate of drug-likeness (QED) is 0.855. The van der Waals surface area contributed by atoms with Gasteiger partial charge in [-0.3, -0.25) is 0 Å². The van der Waals surface area contributed by atoms with Crippen LogP contribution in [0.4, 0.5) is 5.69 Å². The summed E-state index contributed by atoms with van der Waals surface area (Å²) < 4.78 is 0. The Morgan fingerprint density at radius 1 is 1.33 bits per heavy atom. The highest BCUT2D eigenvalue weighted by Crippen LogP contribution is 2.23. The second-order valence-electron chi connectivity index (χ2n) is 5.33. The summed E-state index contributed by atoms with van der Waals surface area (Å²) in [6.07, 6.45) is 1.69. The first-order chi connectivity index (χ1) is 8.63. The molecule has 1 aliphatic heterocycles. The first kappa shape index (κ1) is 13.4. The highest BCUT2D eigenvalue weighted by atomic mass is 16.3. The Bertz CT molecular complexity index is 386. The molecule has 1 aliphatic rings. The van der Waals surface area contributed by atoms with E-state index in [0.717, 1.165) is 39.0 Å². The van der Waals surface area contributed by atoms with Gasteiger partial charge in [0.15, 0.2) is 0 Å². The largest absolute Gasteiger partial charge is 0.388 e. The molecule has 0 spiro atoms. The molecule has 0 aliphatic carbocycles. The van der Waals surface area contributed by atoms with Gasteiger partial charge >= 0.3 is 0 Å². The molecule has 1 fully saturated rings. The van der Waals surface area contributed by atoms with E-state index in [4.69, 9.17) is 0 Å². The number of piperidine rings is 1. The third-order valence-corrected chi connectivity index (χ3v) is 3.77. The number of aliphatic hydroxyl groups is 1. The predicted octanol–water partition coefficient (Wildman–Crippen LogP) is 1.94. The second-order valence-corrected chi connectivity index (χ2v) is 5.33. The van der Waals surface area contributed by atoms with Gasteiger partial charge in [-0.25, -0.2) is 0 Å². The molecule has 2 rings (SSSR count). The molecule has 1 aromatic rings. The first-order valence-corrected chi connectivity index (χ1v) is 6.88. The summed E-state index contributed by atoms with van der Waals surface area (Å²) >= 11 is 0. The number of likely N-dealkylation sites (N-methyl/N-ethyl adjacent to an activating group) is 1. The molecule has 100 valence electrons. The van der Waals surface area contributed by atoms with E-state index in [2.05, 4.69) is 48.3 Å². The lowest BCUT2D eigenvalue weighted by atomic mass is 9.91. The summed E-state index contributed by atoms with van der Waals surface area (Å²) in [6, 6.07) is 8.51. The average Bonchev–Trinajstić information content (AvgIpc) is 2.37. The lowest BCUT2D eigenvalue weighted by Gasteiger charge is -2.38. The van der Waals surface area contributed by atoms with Gasteiger partial charge in [0.05, 0.1) is 5.60 Å². The van der Waals surface area contributed by atoms with Crippen molar-refractivity contribution < 1.29 is 5.11 Å². The molecule has 3 heteroatoms. The predicted molar refractivity (Wildman–Crippen MR) is 76.1 cm³/mol. The van der Waals surface area contributed by atoms with Crippen LogP contribution in [0.3, 0.4) is 0 Å². The van der Waals surface area contributed by atoms with Crippen molar-refractivity contribution in [3.63, 3.8) is 0 Å². The molecule has 0 bridgehead atoms. The van der Waals surface area contributed by atoms with Crippen LogP contribution in [0.15, 0.2) is 24.3 Å². The highest BCUT2D eigenvalue weighted by Gasteiger charge is 2.31. The number of hydrogen-bond donors (Lipinski definition) is 2. The fraction of sp³-hybridized carbons (Fsp3) is 0.600. The van der Waals surface area contributed by atoms with E-state index in [1.807, 2.05) is 0 Å². The number of nitrogens with zero attached hydrogens (tertiary/aromatic N) is 1. The number of benzene rings is 1. The lowest BCUT2D eigenvalue weighted by molar-refractivity contribution is 0.0175. The Morgan fingerprint density at radius 2 is 2.06 bits per heavy atom. The maximum atomic E-state index is 10.6. The van der Waals surface area contributed by atoms with Gasteiger partial charge < -0.3 is 15.3 Å². The third kappa shape index (κ3) is 3.24. The van der Waals surface area contributed by atoms with E-state index in [-0.39, 0.29) is 0 Å². The van der Waals surface area contributed by atoms with Gasteiger partial charge in [0.25, 0.3) is 0 Å². The SMILES string of the molecule is CCN(CC1(O)CCNCC1)c1cccc(C)c1. The number of hydrogen-bond acceptors (Lipinski definition) is 3. The zero-order valence-electron chi connectivity index (χ0n) is 11.4. The Labute approximate surface area is 110 Å². The molecule has 0 radical (unpaired) electrons. The summed E-state index contributed by atoms with van der Waals surface area (Å²) in [6.45, 7) is 7.75. The van der Waals surface area contributed by atoms with Crippen molar-refractivity contribution in [3.8, 4) is 0 Å². The standard InChI is InChI=1S/C15H24N2O/c1-3-17(14-6-4-5-13(2)11-14)12-15(18)7-9-16-10-8-15/h4-6,11,16,18H,3,7-10,12H2,1-2H3. The number of nitrogens with one attached hydrogen (secondary N) is 1. The molecule has 3 nitrogen and oxygen atoms in total. The molecular formula is C15H24N2O. The number of rotatable bonds is 4. The van der Waals surface area contributed by atoms with Crippen molar-refractivity contribution in [2.75, 3.05) is 31.1 Å². The zero-order chi connectivity index (χ0) is 13.0. The molecule has 1 aromatic carbocycles. The van der Waals surface area contributed by atoms with Crippen LogP contribution in [0.1, 0.15) is 25.3 Å². The monoisotopic (exact) mass is 248 g/mol. The highest BCUT2D eigenvalue weighted by molar-refractivity contribution is 5.48. The van der Waals surface area contributed by atoms with Crippen LogP contribution in [-0.4, -0.2) is 36.9 Å². The Hall–Kier alpha value is -1.06. The minimum Gasteiger partial charge on any atom is -0.388 e. The molecule has 0 amide bonds. The maximum Gasteiger partial charge on any atom is 0.0845 e. The normalized spacial score (nSPS) is 18.6. The minimum atomic E-state index is -0.537. The van der Waals surface area contributed by atoms with Gasteiger partial charge in [-0.05, 0) is 57.5 Å². The van der Waals surface area contributed by atoms with Crippen molar-refractivity contribution in [1.29, 1.82) is 0 Å². The number of aryl methyl sites for hydroxylation is 1. The Balaban J connectivity index is 2.09. The van der Waals surface area contributed by atoms with Gasteiger partial charge in [0, 0.05) is 18.8 Å². The van der Waals surface area contributed by atoms with E-state index >= 15 is 0 Å². The topological polar surface area (TPSA) is 35.5 Å². The Morgan fingerprint density at radius 3 is 2.67 bits per heavy atom. The van der Waals surface area contributed by atoms with E-state index < -0.39 is 5.60 Å². The molecule has 0 atom stereocenters. The van der Waals surface area contributed by atoms with Crippen LogP contribution in [0.5, 0.6) is 0 Å². The van der Waals surface area contributed by atoms with Crippen molar-refractivity contribution >= 4 is 5.69 Å². The summed E-state index contributed by atoms with van der Waals surface area (Å²) in [7, 11) is 0. The van der Waals surface area contributed by atoms with Crippen molar-refractivity contribution in [1.82, 2.24) is 5.32 Å². The van der Waals surface area contributed by atoms with Gasteiger partial charge in [-0.2, -0.15) is 0 Å². The third-order valence-electron chi connectivity index (χ3n) is 3.77. The summed E-state index contributed by atoms with van der Waals surface area (Å²) in [5.74, 6) is 0. The summed E-state index contributed by atoms with van der Waals surface area (Å²) in [5.41, 5.74) is 1.94. The molecule has 1 heterocycles. The zero-order valence-corrected chi connectivity index (χ0v) is 11.4. The Kier molecular flexibility index (Phi) is 4.25. The molecule has 0 unspecified atom stereocenters. The molecule has 1 saturated heterocycles. The lowest BCUT2D eigenvalue weighted by Crippen LogP contribution is -2.49. The molecule has 0 aromatic heterocycles. The van der Waals surface area contributed by atoms with Crippen LogP contribution >= 0.6 is 0 Å². The van der Waals surface area contributed by atoms with E-state index in [1.54, 1.807) is 0 Å². The van der Waals surface area contributed by atoms with Crippen molar-refractivity contribution in [2.24, 2.45) is 0 Å². The van der Waals surface area contributed by atoms with Crippen molar-refractivity contribution in [2.45, 2.75) is 32.3 Å². The summed E-state index contributed by atoms with van der Waals surface area (Å²) in [4.78, 5) is 2.28. The van der Waals surface area contributed by atoms with Crippen LogP contribution in [-0.2, 0) is 0 Å². The van der Waals surface area contributed by atoms with Crippen LogP contribution in [0, 0.1) is 6.92 Å². The maximum absolute atomic E-state index is 10.6. The van der Waals surface area contributed by atoms with Crippen LogP contribution < -0.4 is 10.2 Å². The molecular weight excluding hydrogens is 224 g/mol. The molecule has 2 N–H and O–H groups in total. The summed E-state index contributed by atoms with van der Waals surface area (Å²) in [5, 5.41) is 13.9. The van der Waals surface area contributed by atoms with Gasteiger partial charge in [-0.15, -0.1) is 0 Å². The first-order valence-electron chi connectivity index (χ1n) is 6.88. The molecule has 0 saturated carbocycles. The van der Waals surface area contributed by atoms with Gasteiger partial charge in [0.2, 0.25) is 0 Å². The van der Waals surface area contributed by atoms with Gasteiger partial charge in [-0.1, -0.05) is 12.1 Å². The fourth-order valence-electron chi connectivity index (χ4n) is 2.62. The average molecular weight is 248 g/mol. The number of anilines is 1. The van der Waals surface area contributed by atoms with Gasteiger partial charge in [0.1, 0.15) is 0 Å².